The van der Waals surface area contributed by atoms with E-state index in [0.29, 0.717) is 23.1 Å². The maximum absolute atomic E-state index is 14.6. The third-order valence-corrected chi connectivity index (χ3v) is 14.9. The van der Waals surface area contributed by atoms with Crippen molar-refractivity contribution in [2.75, 3.05) is 13.1 Å². The van der Waals surface area contributed by atoms with E-state index in [0.717, 1.165) is 57.3 Å². The predicted molar refractivity (Wildman–Crippen MR) is 279 cm³/mol. The monoisotopic (exact) mass is 1040 g/mol. The van der Waals surface area contributed by atoms with Crippen LogP contribution in [0.4, 0.5) is 13.2 Å². The highest BCUT2D eigenvalue weighted by atomic mass is 19.4. The summed E-state index contributed by atoms with van der Waals surface area (Å²) in [6.45, 7) is 17.6. The van der Waals surface area contributed by atoms with E-state index in [1.807, 2.05) is 91.8 Å². The lowest BCUT2D eigenvalue weighted by atomic mass is 9.74. The third kappa shape index (κ3) is 14.2. The number of carboxylic acids is 2. The van der Waals surface area contributed by atoms with E-state index in [1.165, 1.54) is 11.1 Å². The summed E-state index contributed by atoms with van der Waals surface area (Å²) in [5, 5.41) is 26.0. The summed E-state index contributed by atoms with van der Waals surface area (Å²) in [6, 6.07) is 9.54. The zero-order chi connectivity index (χ0) is 55.1. The van der Waals surface area contributed by atoms with Crippen LogP contribution in [0.5, 0.6) is 0 Å². The van der Waals surface area contributed by atoms with Crippen molar-refractivity contribution in [1.82, 2.24) is 30.4 Å². The first-order valence-electron chi connectivity index (χ1n) is 26.1. The molecule has 2 aliphatic heterocycles. The Labute approximate surface area is 438 Å². The van der Waals surface area contributed by atoms with Crippen molar-refractivity contribution in [3.05, 3.63) is 106 Å². The minimum absolute atomic E-state index is 0.00707. The van der Waals surface area contributed by atoms with Crippen LogP contribution in [-0.2, 0) is 28.8 Å². The number of rotatable bonds is 21. The number of amides is 4. The number of alkyl halides is 3. The van der Waals surface area contributed by atoms with Crippen molar-refractivity contribution in [2.24, 2.45) is 23.7 Å². The van der Waals surface area contributed by atoms with Gasteiger partial charge in [-0.25, -0.2) is 0 Å². The van der Waals surface area contributed by atoms with Gasteiger partial charge in [-0.15, -0.1) is 0 Å². The van der Waals surface area contributed by atoms with Crippen molar-refractivity contribution < 1.29 is 52.2 Å². The number of carbonyl (C=O) groups excluding carboxylic acids is 4. The number of aromatic nitrogens is 2. The van der Waals surface area contributed by atoms with E-state index < -0.39 is 85.2 Å². The lowest BCUT2D eigenvalue weighted by Crippen LogP contribution is -2.55. The number of hydrogen-bond acceptors (Lipinski definition) is 8. The lowest BCUT2D eigenvalue weighted by molar-refractivity contribution is -0.191. The van der Waals surface area contributed by atoms with Crippen LogP contribution in [0, 0.1) is 51.4 Å². The molecular weight excluding hydrogens is 966 g/mol. The number of piperidine rings is 2. The third-order valence-electron chi connectivity index (χ3n) is 14.9. The summed E-state index contributed by atoms with van der Waals surface area (Å²) in [7, 11) is 0. The molecule has 0 bridgehead atoms. The smallest absolute Gasteiger partial charge is 0.392 e. The van der Waals surface area contributed by atoms with Crippen molar-refractivity contribution in [3.63, 3.8) is 0 Å². The SMILES string of the molecule is CCCC1CN([C@@H](CC(C)C)C(=O)N[C@@H](CC(=O)O)c2cncc(-c3c(C)cccc3C)c2)C(=O)CC1c1ccc(C)c(-c2cncc([C@H](CC(=O)O)NC(=O)[C@H](CC(C)C)N3CC[C@@H](C(F)(F)F)CC3=O)c2)c1C. The van der Waals surface area contributed by atoms with Crippen LogP contribution in [0.25, 0.3) is 22.3 Å². The molecule has 2 aromatic heterocycles. The number of halogens is 3. The van der Waals surface area contributed by atoms with Gasteiger partial charge in [0.15, 0.2) is 0 Å². The van der Waals surface area contributed by atoms with Gasteiger partial charge in [0.05, 0.1) is 30.8 Å². The fraction of sp³-hybridized carbons (Fsp3) is 0.517. The van der Waals surface area contributed by atoms with Gasteiger partial charge >= 0.3 is 18.1 Å². The van der Waals surface area contributed by atoms with Crippen LogP contribution in [0.2, 0.25) is 0 Å². The number of nitrogens with zero attached hydrogens (tertiary/aromatic N) is 4. The molecule has 0 radical (unpaired) electrons. The van der Waals surface area contributed by atoms with Gasteiger partial charge in [-0.3, -0.25) is 38.7 Å². The van der Waals surface area contributed by atoms with Crippen molar-refractivity contribution >= 4 is 35.6 Å². The zero-order valence-corrected chi connectivity index (χ0v) is 44.6. The topological polar surface area (TPSA) is 199 Å². The Morgan fingerprint density at radius 2 is 1.20 bits per heavy atom. The number of benzene rings is 2. The predicted octanol–water partition coefficient (Wildman–Crippen LogP) is 10.4. The summed E-state index contributed by atoms with van der Waals surface area (Å²) in [5.41, 5.74) is 8.86. The number of likely N-dealkylation sites (tertiary alicyclic amines) is 2. The Morgan fingerprint density at radius 3 is 1.68 bits per heavy atom. The Bertz CT molecular complexity index is 2720. The number of aryl methyl sites for hydroxylation is 3. The molecule has 2 saturated heterocycles. The average molecular weight is 1040 g/mol. The average Bonchev–Trinajstić information content (AvgIpc) is 3.32. The highest BCUT2D eigenvalue weighted by molar-refractivity contribution is 5.90. The molecule has 4 aromatic rings. The molecule has 2 aliphatic rings. The molecule has 4 N–H and O–H groups in total. The number of carbonyl (C=O) groups is 6. The summed E-state index contributed by atoms with van der Waals surface area (Å²) in [4.78, 5) is 93.1. The molecular formula is C58H73F3N6O8. The van der Waals surface area contributed by atoms with E-state index in [1.54, 1.807) is 29.6 Å². The van der Waals surface area contributed by atoms with Crippen LogP contribution < -0.4 is 10.6 Å². The molecule has 14 nitrogen and oxygen atoms in total. The largest absolute Gasteiger partial charge is 0.481 e. The summed E-state index contributed by atoms with van der Waals surface area (Å²) >= 11 is 0. The van der Waals surface area contributed by atoms with E-state index in [9.17, 15) is 52.2 Å². The van der Waals surface area contributed by atoms with Gasteiger partial charge < -0.3 is 30.6 Å². The Hall–Kier alpha value is -6.65. The van der Waals surface area contributed by atoms with Gasteiger partial charge in [0, 0.05) is 61.8 Å². The first-order valence-corrected chi connectivity index (χ1v) is 26.1. The molecule has 0 saturated carbocycles. The second kappa shape index (κ2) is 24.8. The zero-order valence-electron chi connectivity index (χ0n) is 44.6. The minimum atomic E-state index is -4.55. The molecule has 2 fully saturated rings. The Morgan fingerprint density at radius 1 is 0.707 bits per heavy atom. The van der Waals surface area contributed by atoms with Gasteiger partial charge in [-0.05, 0) is 139 Å². The second-order valence-corrected chi connectivity index (χ2v) is 21.6. The van der Waals surface area contributed by atoms with Gasteiger partial charge in [0.2, 0.25) is 23.6 Å². The maximum atomic E-state index is 14.6. The van der Waals surface area contributed by atoms with Crippen LogP contribution in [0.15, 0.2) is 67.3 Å². The fourth-order valence-electron chi connectivity index (χ4n) is 11.3. The summed E-state index contributed by atoms with van der Waals surface area (Å²) < 4.78 is 40.7. The molecule has 2 aromatic carbocycles. The molecule has 4 heterocycles. The number of carboxylic acid groups (broad SMARTS) is 2. The Kier molecular flexibility index (Phi) is 19.1. The van der Waals surface area contributed by atoms with Crippen LogP contribution >= 0.6 is 0 Å². The van der Waals surface area contributed by atoms with Crippen LogP contribution in [0.3, 0.4) is 0 Å². The molecule has 75 heavy (non-hydrogen) atoms. The normalized spacial score (nSPS) is 18.9. The minimum Gasteiger partial charge on any atom is -0.481 e. The fourth-order valence-corrected chi connectivity index (χ4v) is 11.3. The molecule has 4 amide bonds. The lowest BCUT2D eigenvalue weighted by Gasteiger charge is -2.43. The molecule has 0 spiro atoms. The van der Waals surface area contributed by atoms with Crippen molar-refractivity contribution in [2.45, 2.75) is 156 Å². The Balaban J connectivity index is 1.27. The van der Waals surface area contributed by atoms with E-state index in [2.05, 4.69) is 27.5 Å². The van der Waals surface area contributed by atoms with E-state index in [-0.39, 0.29) is 61.9 Å². The summed E-state index contributed by atoms with van der Waals surface area (Å²) in [5.74, 6) is -6.66. The molecule has 2 unspecified atom stereocenters. The van der Waals surface area contributed by atoms with Crippen molar-refractivity contribution in [1.29, 1.82) is 0 Å². The number of pyridine rings is 2. The standard InChI is InChI=1S/C58H73F3N6O8/c1-10-12-38-31-67(49(20-33(4)5)57(75)65-46(25-52(70)71)39-21-41(29-62-27-39)54-34(6)13-11-14-35(54)7)51(69)24-45(38)44-16-15-36(8)55(37(44)9)42-22-40(28-63-30-42)47(26-53(72)73)64-56(74)48(19-32(2)3)66-18-17-43(23-50(66)68)58(59,60)61/h11,13-16,21-22,27-30,32-33,38,43,45-49H,10,12,17-20,23-26,31H2,1-9H3,(H,64,74)(H,65,75)(H,70,71)(H,72,73)/t38?,43-,45?,46+,47+,48+,49+/m1/s1. The first kappa shape index (κ1) is 57.6. The van der Waals surface area contributed by atoms with Crippen LogP contribution in [-0.4, -0.2) is 96.9 Å². The molecule has 6 rings (SSSR count). The quantitative estimate of drug-likeness (QED) is 0.0623. The molecule has 17 heteroatoms. The first-order chi connectivity index (χ1) is 35.4. The van der Waals surface area contributed by atoms with E-state index >= 15 is 0 Å². The maximum Gasteiger partial charge on any atom is 0.392 e. The van der Waals surface area contributed by atoms with Gasteiger partial charge in [-0.1, -0.05) is 71.4 Å². The van der Waals surface area contributed by atoms with E-state index in [4.69, 9.17) is 0 Å². The molecule has 7 atom stereocenters. The number of aliphatic carboxylic acids is 2. The van der Waals surface area contributed by atoms with Crippen LogP contribution in [0.1, 0.15) is 149 Å². The molecule has 0 aliphatic carbocycles. The van der Waals surface area contributed by atoms with Gasteiger partial charge in [-0.2, -0.15) is 13.2 Å². The highest BCUT2D eigenvalue weighted by Crippen LogP contribution is 2.43. The van der Waals surface area contributed by atoms with Gasteiger partial charge in [0.1, 0.15) is 12.1 Å². The second-order valence-electron chi connectivity index (χ2n) is 21.6. The number of hydrogen-bond donors (Lipinski definition) is 4. The number of nitrogens with one attached hydrogen (secondary N) is 2. The highest BCUT2D eigenvalue weighted by Gasteiger charge is 2.46. The summed E-state index contributed by atoms with van der Waals surface area (Å²) in [6.07, 6.45) is 1.94. The van der Waals surface area contributed by atoms with Crippen molar-refractivity contribution in [3.8, 4) is 22.3 Å². The van der Waals surface area contributed by atoms with Gasteiger partial charge in [0.25, 0.3) is 0 Å². The molecule has 404 valence electrons.